The molecule has 3 rings (SSSR count). The van der Waals surface area contributed by atoms with Gasteiger partial charge in [0.15, 0.2) is 0 Å². The van der Waals surface area contributed by atoms with Crippen LogP contribution < -0.4 is 15.5 Å². The van der Waals surface area contributed by atoms with Gasteiger partial charge in [0.1, 0.15) is 12.2 Å². The monoisotopic (exact) mass is 471 g/mol. The first-order chi connectivity index (χ1) is 16.3. The van der Waals surface area contributed by atoms with E-state index in [0.29, 0.717) is 17.9 Å². The lowest BCUT2D eigenvalue weighted by molar-refractivity contribution is -0.137. The van der Waals surface area contributed by atoms with Crippen molar-refractivity contribution in [2.45, 2.75) is 32.4 Å². The molecule has 0 heterocycles. The van der Waals surface area contributed by atoms with Crippen LogP contribution in [0.5, 0.6) is 5.75 Å². The van der Waals surface area contributed by atoms with Crippen molar-refractivity contribution in [3.63, 3.8) is 0 Å². The summed E-state index contributed by atoms with van der Waals surface area (Å²) in [5, 5.41) is 8.09. The quantitative estimate of drug-likeness (QED) is 0.187. The van der Waals surface area contributed by atoms with Crippen molar-refractivity contribution in [2.75, 3.05) is 11.9 Å². The number of halogens is 3. The lowest BCUT2D eigenvalue weighted by atomic mass is 10.0. The van der Waals surface area contributed by atoms with E-state index in [4.69, 9.17) is 4.74 Å². The van der Waals surface area contributed by atoms with E-state index in [0.717, 1.165) is 35.7 Å². The van der Waals surface area contributed by atoms with Crippen molar-refractivity contribution >= 4 is 34.5 Å². The summed E-state index contributed by atoms with van der Waals surface area (Å²) in [7, 11) is 0. The van der Waals surface area contributed by atoms with Gasteiger partial charge in [-0.25, -0.2) is 5.43 Å². The van der Waals surface area contributed by atoms with Gasteiger partial charge in [0.25, 0.3) is 0 Å². The fourth-order valence-electron chi connectivity index (χ4n) is 3.19. The third kappa shape index (κ3) is 6.81. The molecule has 0 bridgehead atoms. The average molecular weight is 471 g/mol. The molecule has 0 aromatic heterocycles. The van der Waals surface area contributed by atoms with Crippen LogP contribution in [-0.4, -0.2) is 24.6 Å². The zero-order chi connectivity index (χ0) is 24.6. The molecule has 0 saturated carbocycles. The van der Waals surface area contributed by atoms with Crippen LogP contribution in [0.1, 0.15) is 37.3 Å². The van der Waals surface area contributed by atoms with Crippen molar-refractivity contribution in [1.29, 1.82) is 0 Å². The van der Waals surface area contributed by atoms with Crippen LogP contribution in [0.4, 0.5) is 18.9 Å². The van der Waals surface area contributed by atoms with E-state index < -0.39 is 30.0 Å². The maximum Gasteiger partial charge on any atom is 0.416 e. The van der Waals surface area contributed by atoms with E-state index in [2.05, 4.69) is 22.8 Å². The molecule has 178 valence electrons. The molecule has 0 atom stereocenters. The minimum Gasteiger partial charge on any atom is -0.493 e. The molecular formula is C25H24F3N3O3. The van der Waals surface area contributed by atoms with Crippen LogP contribution in [0.3, 0.4) is 0 Å². The first-order valence-corrected chi connectivity index (χ1v) is 10.7. The van der Waals surface area contributed by atoms with Crippen LogP contribution in [0.2, 0.25) is 0 Å². The third-order valence-electron chi connectivity index (χ3n) is 4.86. The Morgan fingerprint density at radius 2 is 1.82 bits per heavy atom. The van der Waals surface area contributed by atoms with Gasteiger partial charge in [-0.3, -0.25) is 9.59 Å². The second kappa shape index (κ2) is 11.3. The van der Waals surface area contributed by atoms with Crippen LogP contribution in [0.15, 0.2) is 65.8 Å². The number of alkyl halides is 3. The molecule has 0 saturated heterocycles. The van der Waals surface area contributed by atoms with Gasteiger partial charge in [0.05, 0.1) is 18.4 Å². The average Bonchev–Trinajstić information content (AvgIpc) is 2.79. The van der Waals surface area contributed by atoms with Crippen molar-refractivity contribution in [3.05, 3.63) is 71.8 Å². The van der Waals surface area contributed by atoms with Crippen LogP contribution in [0.25, 0.3) is 10.8 Å². The molecule has 2 N–H and O–H groups in total. The van der Waals surface area contributed by atoms with Crippen molar-refractivity contribution in [2.24, 2.45) is 5.10 Å². The summed E-state index contributed by atoms with van der Waals surface area (Å²) in [6.07, 6.45) is -1.82. The molecule has 0 radical (unpaired) electrons. The zero-order valence-electron chi connectivity index (χ0n) is 18.5. The van der Waals surface area contributed by atoms with E-state index in [1.54, 1.807) is 0 Å². The number of ether oxygens (including phenoxy) is 1. The summed E-state index contributed by atoms with van der Waals surface area (Å²) in [6.45, 7) is 2.60. The van der Waals surface area contributed by atoms with Crippen LogP contribution in [0, 0.1) is 0 Å². The van der Waals surface area contributed by atoms with Crippen molar-refractivity contribution in [3.8, 4) is 5.75 Å². The predicted octanol–water partition coefficient (Wildman–Crippen LogP) is 5.52. The SMILES string of the molecule is CCCCOc1ccc2ccccc2c1C=NNC(=O)CC(=O)Nc1cccc(C(F)(F)F)c1. The number of unbranched alkanes of at least 4 members (excludes halogenated alkanes) is 1. The van der Waals surface area contributed by atoms with E-state index in [-0.39, 0.29) is 5.69 Å². The number of anilines is 1. The Bertz CT molecular complexity index is 1190. The van der Waals surface area contributed by atoms with E-state index in [1.165, 1.54) is 18.3 Å². The van der Waals surface area contributed by atoms with Crippen molar-refractivity contribution < 1.29 is 27.5 Å². The normalized spacial score (nSPS) is 11.5. The summed E-state index contributed by atoms with van der Waals surface area (Å²) in [6, 6.07) is 15.6. The standard InChI is InChI=1S/C25H24F3N3O3/c1-2-3-13-34-22-12-11-17-7-4-5-10-20(17)21(22)16-29-31-24(33)15-23(32)30-19-9-6-8-18(14-19)25(26,27)28/h4-12,14,16H,2-3,13,15H2,1H3,(H,30,32)(H,31,33). The number of fused-ring (bicyclic) bond motifs is 1. The molecule has 2 amide bonds. The highest BCUT2D eigenvalue weighted by molar-refractivity contribution is 6.05. The predicted molar refractivity (Wildman–Crippen MR) is 125 cm³/mol. The number of carbonyl (C=O) groups is 2. The van der Waals surface area contributed by atoms with Gasteiger partial charge in [0.2, 0.25) is 11.8 Å². The highest BCUT2D eigenvalue weighted by Gasteiger charge is 2.30. The maximum atomic E-state index is 12.8. The molecule has 9 heteroatoms. The first-order valence-electron chi connectivity index (χ1n) is 10.7. The number of nitrogens with one attached hydrogen (secondary N) is 2. The van der Waals surface area contributed by atoms with Gasteiger partial charge in [-0.2, -0.15) is 18.3 Å². The second-order valence-corrected chi connectivity index (χ2v) is 7.50. The number of nitrogens with zero attached hydrogens (tertiary/aromatic N) is 1. The first kappa shape index (κ1) is 24.8. The van der Waals surface area contributed by atoms with E-state index >= 15 is 0 Å². The molecule has 34 heavy (non-hydrogen) atoms. The summed E-state index contributed by atoms with van der Waals surface area (Å²) in [5.74, 6) is -0.859. The Balaban J connectivity index is 1.64. The Morgan fingerprint density at radius 1 is 1.03 bits per heavy atom. The fraction of sp³-hybridized carbons (Fsp3) is 0.240. The number of hydrazone groups is 1. The van der Waals surface area contributed by atoms with E-state index in [1.807, 2.05) is 36.4 Å². The minimum atomic E-state index is -4.53. The van der Waals surface area contributed by atoms with Crippen LogP contribution >= 0.6 is 0 Å². The maximum absolute atomic E-state index is 12.8. The van der Waals surface area contributed by atoms with Crippen LogP contribution in [-0.2, 0) is 15.8 Å². The fourth-order valence-corrected chi connectivity index (χ4v) is 3.19. The Kier molecular flexibility index (Phi) is 8.24. The number of amides is 2. The number of hydrogen-bond donors (Lipinski definition) is 2. The molecule has 0 aliphatic rings. The van der Waals surface area contributed by atoms with Gasteiger partial charge in [-0.05, 0) is 41.5 Å². The molecule has 0 aliphatic heterocycles. The number of rotatable bonds is 9. The lowest BCUT2D eigenvalue weighted by Crippen LogP contribution is -2.24. The highest BCUT2D eigenvalue weighted by atomic mass is 19.4. The highest BCUT2D eigenvalue weighted by Crippen LogP contribution is 2.30. The Hall–Kier alpha value is -3.88. The molecular weight excluding hydrogens is 447 g/mol. The summed E-state index contributed by atoms with van der Waals surface area (Å²) >= 11 is 0. The molecule has 0 spiro atoms. The number of hydrogen-bond acceptors (Lipinski definition) is 4. The summed E-state index contributed by atoms with van der Waals surface area (Å²) < 4.78 is 44.3. The second-order valence-electron chi connectivity index (χ2n) is 7.50. The largest absolute Gasteiger partial charge is 0.493 e. The smallest absolute Gasteiger partial charge is 0.416 e. The molecule has 0 unspecified atom stereocenters. The lowest BCUT2D eigenvalue weighted by Gasteiger charge is -2.11. The molecule has 3 aromatic rings. The van der Waals surface area contributed by atoms with Gasteiger partial charge in [-0.15, -0.1) is 0 Å². The summed E-state index contributed by atoms with van der Waals surface area (Å²) in [4.78, 5) is 24.2. The molecule has 6 nitrogen and oxygen atoms in total. The molecule has 0 fully saturated rings. The van der Waals surface area contributed by atoms with Gasteiger partial charge >= 0.3 is 6.18 Å². The number of benzene rings is 3. The van der Waals surface area contributed by atoms with Gasteiger partial charge in [-0.1, -0.05) is 49.7 Å². The Labute approximate surface area is 194 Å². The van der Waals surface area contributed by atoms with Gasteiger partial charge in [0, 0.05) is 11.3 Å². The molecule has 3 aromatic carbocycles. The zero-order valence-corrected chi connectivity index (χ0v) is 18.5. The van der Waals surface area contributed by atoms with Gasteiger partial charge < -0.3 is 10.1 Å². The van der Waals surface area contributed by atoms with Crippen molar-refractivity contribution in [1.82, 2.24) is 5.43 Å². The topological polar surface area (TPSA) is 79.8 Å². The Morgan fingerprint density at radius 3 is 2.59 bits per heavy atom. The summed E-state index contributed by atoms with van der Waals surface area (Å²) in [5.41, 5.74) is 2.01. The third-order valence-corrected chi connectivity index (χ3v) is 4.86. The van der Waals surface area contributed by atoms with E-state index in [9.17, 15) is 22.8 Å². The minimum absolute atomic E-state index is 0.0549. The number of carbonyl (C=O) groups excluding carboxylic acids is 2. The molecule has 0 aliphatic carbocycles.